The van der Waals surface area contributed by atoms with Crippen molar-refractivity contribution in [1.82, 2.24) is 0 Å². The van der Waals surface area contributed by atoms with Crippen molar-refractivity contribution < 1.29 is 24.2 Å². The number of esters is 2. The molecule has 0 saturated heterocycles. The molecule has 182 valence electrons. The van der Waals surface area contributed by atoms with Crippen LogP contribution >= 0.6 is 11.8 Å². The maximum absolute atomic E-state index is 11.5. The van der Waals surface area contributed by atoms with E-state index in [-0.39, 0.29) is 17.6 Å². The molecule has 0 aliphatic heterocycles. The molecule has 0 bridgehead atoms. The number of nitrogens with two attached hydrogens (primary N) is 1. The van der Waals surface area contributed by atoms with Crippen LogP contribution in [0.15, 0.2) is 48.6 Å². The molecule has 7 heteroatoms. The van der Waals surface area contributed by atoms with Crippen LogP contribution in [0.5, 0.6) is 0 Å². The first kappa shape index (κ1) is 30.2. The zero-order valence-corrected chi connectivity index (χ0v) is 20.6. The normalized spacial score (nSPS) is 15.0. The largest absolute Gasteiger partial charge is 0.469 e. The molecular formula is C25H41NO5S. The summed E-state index contributed by atoms with van der Waals surface area (Å²) in [5, 5.41) is 10.3. The van der Waals surface area contributed by atoms with Gasteiger partial charge in [0.1, 0.15) is 6.04 Å². The third kappa shape index (κ3) is 16.8. The van der Waals surface area contributed by atoms with Gasteiger partial charge >= 0.3 is 11.9 Å². The number of aliphatic hydroxyl groups excluding tert-OH is 1. The van der Waals surface area contributed by atoms with Crippen molar-refractivity contribution in [2.24, 2.45) is 5.73 Å². The van der Waals surface area contributed by atoms with E-state index in [2.05, 4.69) is 34.6 Å². The standard InChI is InChI=1S/C25H41NO5S/c1-4-5-6-7-8-9-10-11-12-13-14-15-18-23(32-20-21(26)25(29)31-3)22(27)17-16-19-24(28)30-2/h8-9,11-15,18,21-23,27H,4-7,10,16-17,19-20,26H2,1-3H3/b9-8-,12-11-,14-13+,18-15+/t21-,22+,23+/m0/s1. The Bertz CT molecular complexity index is 615. The van der Waals surface area contributed by atoms with E-state index in [9.17, 15) is 14.7 Å². The smallest absolute Gasteiger partial charge is 0.323 e. The third-order valence-electron chi connectivity index (χ3n) is 4.64. The summed E-state index contributed by atoms with van der Waals surface area (Å²) in [6.07, 6.45) is 22.4. The summed E-state index contributed by atoms with van der Waals surface area (Å²) in [6, 6.07) is -0.753. The Balaban J connectivity index is 4.62. The van der Waals surface area contributed by atoms with E-state index in [0.29, 0.717) is 18.6 Å². The third-order valence-corrected chi connectivity index (χ3v) is 6.05. The first-order valence-corrected chi connectivity index (χ1v) is 12.4. The van der Waals surface area contributed by atoms with Crippen molar-refractivity contribution in [3.05, 3.63) is 48.6 Å². The average molecular weight is 468 g/mol. The Labute approximate surface area is 198 Å². The summed E-state index contributed by atoms with van der Waals surface area (Å²) in [4.78, 5) is 22.8. The van der Waals surface area contributed by atoms with Gasteiger partial charge in [0, 0.05) is 17.4 Å². The van der Waals surface area contributed by atoms with Crippen LogP contribution in [0.4, 0.5) is 0 Å². The van der Waals surface area contributed by atoms with Crippen LogP contribution in [0.25, 0.3) is 0 Å². The van der Waals surface area contributed by atoms with Gasteiger partial charge in [-0.3, -0.25) is 9.59 Å². The van der Waals surface area contributed by atoms with E-state index in [1.807, 2.05) is 30.4 Å². The Morgan fingerprint density at radius 1 is 1.00 bits per heavy atom. The molecule has 0 spiro atoms. The van der Waals surface area contributed by atoms with Crippen molar-refractivity contribution in [2.75, 3.05) is 20.0 Å². The number of ether oxygens (including phenoxy) is 2. The van der Waals surface area contributed by atoms with Crippen LogP contribution in [-0.4, -0.2) is 54.4 Å². The highest BCUT2D eigenvalue weighted by atomic mass is 32.2. The van der Waals surface area contributed by atoms with Crippen molar-refractivity contribution in [2.45, 2.75) is 75.7 Å². The van der Waals surface area contributed by atoms with E-state index in [4.69, 9.17) is 5.73 Å². The molecule has 3 atom stereocenters. The molecule has 32 heavy (non-hydrogen) atoms. The summed E-state index contributed by atoms with van der Waals surface area (Å²) >= 11 is 1.39. The second-order valence-electron chi connectivity index (χ2n) is 7.36. The highest BCUT2D eigenvalue weighted by Crippen LogP contribution is 2.21. The van der Waals surface area contributed by atoms with Gasteiger partial charge in [-0.1, -0.05) is 68.4 Å². The van der Waals surface area contributed by atoms with E-state index in [0.717, 1.165) is 12.8 Å². The number of carbonyl (C=O) groups excluding carboxylic acids is 2. The molecule has 0 aromatic heterocycles. The quantitative estimate of drug-likeness (QED) is 0.133. The first-order chi connectivity index (χ1) is 15.5. The van der Waals surface area contributed by atoms with E-state index in [1.54, 1.807) is 0 Å². The van der Waals surface area contributed by atoms with Crippen LogP contribution in [0.3, 0.4) is 0 Å². The van der Waals surface area contributed by atoms with Crippen LogP contribution in [0.2, 0.25) is 0 Å². The second kappa shape index (κ2) is 21.0. The Hall–Kier alpha value is -1.83. The molecule has 6 nitrogen and oxygen atoms in total. The lowest BCUT2D eigenvalue weighted by Crippen LogP contribution is -2.35. The molecule has 0 aromatic carbocycles. The van der Waals surface area contributed by atoms with Gasteiger partial charge in [-0.15, -0.1) is 11.8 Å². The molecular weight excluding hydrogens is 426 g/mol. The zero-order chi connectivity index (χ0) is 24.0. The fourth-order valence-electron chi connectivity index (χ4n) is 2.71. The average Bonchev–Trinajstić information content (AvgIpc) is 2.80. The Morgan fingerprint density at radius 3 is 2.44 bits per heavy atom. The van der Waals surface area contributed by atoms with Gasteiger partial charge in [0.15, 0.2) is 0 Å². The fourth-order valence-corrected chi connectivity index (χ4v) is 3.84. The number of hydrogen-bond donors (Lipinski definition) is 2. The molecule has 0 radical (unpaired) electrons. The SMILES string of the molecule is CCCCC/C=C\C\C=C/C=C/C=C/[C@@H](SC[C@H](N)C(=O)OC)[C@H](O)CCCC(=O)OC. The Morgan fingerprint density at radius 2 is 1.75 bits per heavy atom. The Kier molecular flexibility index (Phi) is 19.8. The number of thioether (sulfide) groups is 1. The monoisotopic (exact) mass is 467 g/mol. The van der Waals surface area contributed by atoms with Gasteiger partial charge in [-0.25, -0.2) is 0 Å². The van der Waals surface area contributed by atoms with Crippen LogP contribution in [0, 0.1) is 0 Å². The lowest BCUT2D eigenvalue weighted by atomic mass is 10.1. The van der Waals surface area contributed by atoms with E-state index < -0.39 is 18.1 Å². The minimum absolute atomic E-state index is 0.258. The zero-order valence-electron chi connectivity index (χ0n) is 19.8. The minimum Gasteiger partial charge on any atom is -0.469 e. The van der Waals surface area contributed by atoms with Crippen LogP contribution in [-0.2, 0) is 19.1 Å². The van der Waals surface area contributed by atoms with Crippen LogP contribution in [0.1, 0.15) is 58.3 Å². The maximum atomic E-state index is 11.5. The number of rotatable bonds is 18. The van der Waals surface area contributed by atoms with Crippen molar-refractivity contribution in [3.8, 4) is 0 Å². The van der Waals surface area contributed by atoms with E-state index >= 15 is 0 Å². The second-order valence-corrected chi connectivity index (χ2v) is 8.58. The van der Waals surface area contributed by atoms with Gasteiger partial charge in [-0.2, -0.15) is 0 Å². The lowest BCUT2D eigenvalue weighted by molar-refractivity contribution is -0.142. The number of unbranched alkanes of at least 4 members (excludes halogenated alkanes) is 3. The van der Waals surface area contributed by atoms with Gasteiger partial charge in [-0.05, 0) is 32.1 Å². The van der Waals surface area contributed by atoms with E-state index in [1.165, 1.54) is 45.2 Å². The fraction of sp³-hybridized carbons (Fsp3) is 0.600. The molecule has 0 unspecified atom stereocenters. The maximum Gasteiger partial charge on any atom is 0.323 e. The number of carbonyl (C=O) groups is 2. The molecule has 0 rings (SSSR count). The van der Waals surface area contributed by atoms with Crippen molar-refractivity contribution in [1.29, 1.82) is 0 Å². The molecule has 0 amide bonds. The predicted molar refractivity (Wildman–Crippen MR) is 133 cm³/mol. The summed E-state index contributed by atoms with van der Waals surface area (Å²) in [6.45, 7) is 2.21. The molecule has 0 saturated carbocycles. The lowest BCUT2D eigenvalue weighted by Gasteiger charge is -2.20. The van der Waals surface area contributed by atoms with Crippen LogP contribution < -0.4 is 5.73 Å². The molecule has 0 aliphatic carbocycles. The number of allylic oxidation sites excluding steroid dienone is 7. The topological polar surface area (TPSA) is 98.9 Å². The van der Waals surface area contributed by atoms with Gasteiger partial charge in [0.2, 0.25) is 0 Å². The molecule has 0 aromatic rings. The number of aliphatic hydroxyl groups is 1. The summed E-state index contributed by atoms with van der Waals surface area (Å²) < 4.78 is 9.28. The summed E-state index contributed by atoms with van der Waals surface area (Å²) in [7, 11) is 2.64. The first-order valence-electron chi connectivity index (χ1n) is 11.3. The highest BCUT2D eigenvalue weighted by Gasteiger charge is 2.21. The molecule has 0 aliphatic rings. The molecule has 0 heterocycles. The summed E-state index contributed by atoms with van der Waals surface area (Å²) in [5.74, 6) is -0.454. The van der Waals surface area contributed by atoms with Crippen molar-refractivity contribution in [3.63, 3.8) is 0 Å². The highest BCUT2D eigenvalue weighted by molar-refractivity contribution is 8.00. The number of methoxy groups -OCH3 is 2. The van der Waals surface area contributed by atoms with Crippen molar-refractivity contribution >= 4 is 23.7 Å². The number of hydrogen-bond acceptors (Lipinski definition) is 7. The molecule has 3 N–H and O–H groups in total. The summed E-state index contributed by atoms with van der Waals surface area (Å²) in [5.41, 5.74) is 5.81. The van der Waals surface area contributed by atoms with Gasteiger partial charge in [0.05, 0.1) is 20.3 Å². The molecule has 0 fully saturated rings. The minimum atomic E-state index is -0.753. The predicted octanol–water partition coefficient (Wildman–Crippen LogP) is 4.49. The van der Waals surface area contributed by atoms with Gasteiger partial charge in [0.25, 0.3) is 0 Å². The van der Waals surface area contributed by atoms with Gasteiger partial charge < -0.3 is 20.3 Å².